The van der Waals surface area contributed by atoms with Crippen molar-refractivity contribution in [2.24, 2.45) is 0 Å². The first-order valence-corrected chi connectivity index (χ1v) is 7.68. The lowest BCUT2D eigenvalue weighted by molar-refractivity contribution is -0.384. The summed E-state index contributed by atoms with van der Waals surface area (Å²) in [6, 6.07) is 5.29. The zero-order chi connectivity index (χ0) is 18.1. The van der Waals surface area contributed by atoms with Crippen molar-refractivity contribution in [3.8, 4) is 6.07 Å². The molecule has 1 aliphatic carbocycles. The zero-order valence-electron chi connectivity index (χ0n) is 13.4. The van der Waals surface area contributed by atoms with E-state index in [4.69, 9.17) is 0 Å². The van der Waals surface area contributed by atoms with Gasteiger partial charge in [0.15, 0.2) is 0 Å². The number of non-ortho nitro benzene ring substituents is 1. The average Bonchev–Trinajstić information content (AvgIpc) is 3.38. The number of nitrogens with zero attached hydrogens (tertiary/aromatic N) is 3. The van der Waals surface area contributed by atoms with Crippen LogP contribution in [0.2, 0.25) is 0 Å². The molecular weight excluding hydrogens is 326 g/mol. The molecule has 1 aromatic rings. The molecule has 2 aliphatic rings. The first kappa shape index (κ1) is 16.4. The fourth-order valence-corrected chi connectivity index (χ4v) is 2.69. The lowest BCUT2D eigenvalue weighted by Crippen LogP contribution is -2.53. The Kier molecular flexibility index (Phi) is 4.10. The van der Waals surface area contributed by atoms with E-state index in [2.05, 4.69) is 10.6 Å². The van der Waals surface area contributed by atoms with E-state index in [1.54, 1.807) is 13.0 Å². The number of urea groups is 2. The number of nitriles is 1. The van der Waals surface area contributed by atoms with Crippen molar-refractivity contribution in [2.75, 3.05) is 0 Å². The molecule has 1 unspecified atom stereocenters. The van der Waals surface area contributed by atoms with Crippen LogP contribution in [0.3, 0.4) is 0 Å². The smallest absolute Gasteiger partial charge is 0.330 e. The zero-order valence-corrected chi connectivity index (χ0v) is 13.4. The molecule has 1 aromatic carbocycles. The Hall–Kier alpha value is -3.41. The van der Waals surface area contributed by atoms with Gasteiger partial charge in [0.1, 0.15) is 6.04 Å². The highest BCUT2D eigenvalue weighted by atomic mass is 16.6. The maximum Gasteiger partial charge on any atom is 0.330 e. The van der Waals surface area contributed by atoms with Crippen LogP contribution in [0.1, 0.15) is 31.4 Å². The van der Waals surface area contributed by atoms with Crippen molar-refractivity contribution in [2.45, 2.75) is 31.8 Å². The number of allylic oxidation sites excluding steroid dienone is 1. The van der Waals surface area contributed by atoms with Gasteiger partial charge in [0.05, 0.1) is 16.6 Å². The second-order valence-electron chi connectivity index (χ2n) is 5.93. The summed E-state index contributed by atoms with van der Waals surface area (Å²) in [5.41, 5.74) is 0.623. The summed E-state index contributed by atoms with van der Waals surface area (Å²) < 4.78 is 0. The SMILES string of the molecule is CC1=C(C#N)C(c2cccc([N+](=O)[O-])c2)N(C(=O)NC2CC2)C(=O)N1. The molecule has 3 rings (SSSR count). The van der Waals surface area contributed by atoms with E-state index >= 15 is 0 Å². The Labute approximate surface area is 143 Å². The van der Waals surface area contributed by atoms with Crippen molar-refractivity contribution >= 4 is 17.7 Å². The summed E-state index contributed by atoms with van der Waals surface area (Å²) in [4.78, 5) is 36.3. The van der Waals surface area contributed by atoms with Gasteiger partial charge in [-0.1, -0.05) is 12.1 Å². The lowest BCUT2D eigenvalue weighted by Gasteiger charge is -2.34. The van der Waals surface area contributed by atoms with Gasteiger partial charge in [0, 0.05) is 23.9 Å². The molecule has 2 N–H and O–H groups in total. The fraction of sp³-hybridized carbons (Fsp3) is 0.312. The van der Waals surface area contributed by atoms with E-state index in [0.29, 0.717) is 11.3 Å². The standard InChI is InChI=1S/C16H15N5O4/c1-9-13(8-17)14(10-3-2-4-12(7-10)21(24)25)20(15(22)18-9)16(23)19-11-5-6-11/h2-4,7,11,14H,5-6H2,1H3,(H,18,22)(H,19,23). The molecule has 128 valence electrons. The molecule has 0 saturated heterocycles. The van der Waals surface area contributed by atoms with Gasteiger partial charge in [0.25, 0.3) is 5.69 Å². The molecule has 9 nitrogen and oxygen atoms in total. The van der Waals surface area contributed by atoms with Gasteiger partial charge in [0.2, 0.25) is 0 Å². The third kappa shape index (κ3) is 3.14. The first-order valence-electron chi connectivity index (χ1n) is 7.68. The molecule has 1 heterocycles. The summed E-state index contributed by atoms with van der Waals surface area (Å²) in [6.07, 6.45) is 1.67. The number of hydrogen-bond donors (Lipinski definition) is 2. The van der Waals surface area contributed by atoms with E-state index in [0.717, 1.165) is 17.7 Å². The van der Waals surface area contributed by atoms with Crippen LogP contribution in [0.4, 0.5) is 15.3 Å². The highest BCUT2D eigenvalue weighted by Crippen LogP contribution is 2.35. The molecule has 1 fully saturated rings. The van der Waals surface area contributed by atoms with Crippen LogP contribution < -0.4 is 10.6 Å². The Balaban J connectivity index is 2.07. The largest absolute Gasteiger partial charge is 0.335 e. The summed E-state index contributed by atoms with van der Waals surface area (Å²) >= 11 is 0. The number of hydrogen-bond acceptors (Lipinski definition) is 5. The van der Waals surface area contributed by atoms with Crippen LogP contribution in [0.5, 0.6) is 0 Å². The minimum atomic E-state index is -1.02. The summed E-state index contributed by atoms with van der Waals surface area (Å²) in [5.74, 6) is 0. The maximum atomic E-state index is 12.5. The maximum absolute atomic E-state index is 12.5. The van der Waals surface area contributed by atoms with E-state index < -0.39 is 23.0 Å². The highest BCUT2D eigenvalue weighted by molar-refractivity contribution is 5.96. The minimum absolute atomic E-state index is 0.0172. The Morgan fingerprint density at radius 2 is 2.20 bits per heavy atom. The minimum Gasteiger partial charge on any atom is -0.335 e. The van der Waals surface area contributed by atoms with Crippen LogP contribution in [0.25, 0.3) is 0 Å². The van der Waals surface area contributed by atoms with Gasteiger partial charge < -0.3 is 10.6 Å². The van der Waals surface area contributed by atoms with Crippen molar-refractivity contribution in [1.29, 1.82) is 5.26 Å². The number of imide groups is 1. The number of nitrogens with one attached hydrogen (secondary N) is 2. The molecule has 4 amide bonds. The molecular formula is C16H15N5O4. The van der Waals surface area contributed by atoms with Crippen LogP contribution in [-0.2, 0) is 0 Å². The second kappa shape index (κ2) is 6.24. The topological polar surface area (TPSA) is 128 Å². The van der Waals surface area contributed by atoms with Crippen molar-refractivity contribution in [1.82, 2.24) is 15.5 Å². The third-order valence-electron chi connectivity index (χ3n) is 4.09. The molecule has 1 aliphatic heterocycles. The number of nitro groups is 1. The fourth-order valence-electron chi connectivity index (χ4n) is 2.69. The lowest BCUT2D eigenvalue weighted by atomic mass is 9.94. The first-order chi connectivity index (χ1) is 11.9. The van der Waals surface area contributed by atoms with E-state index in [1.807, 2.05) is 6.07 Å². The number of nitro benzene ring substituents is 1. The Morgan fingerprint density at radius 1 is 1.48 bits per heavy atom. The van der Waals surface area contributed by atoms with Gasteiger partial charge in [-0.15, -0.1) is 0 Å². The molecule has 25 heavy (non-hydrogen) atoms. The molecule has 9 heteroatoms. The van der Waals surface area contributed by atoms with E-state index in [-0.39, 0.29) is 17.3 Å². The third-order valence-corrected chi connectivity index (χ3v) is 4.09. The summed E-state index contributed by atoms with van der Waals surface area (Å²) in [6.45, 7) is 1.55. The summed E-state index contributed by atoms with van der Waals surface area (Å²) in [7, 11) is 0. The van der Waals surface area contributed by atoms with Crippen LogP contribution in [0.15, 0.2) is 35.5 Å². The number of benzene rings is 1. The highest BCUT2D eigenvalue weighted by Gasteiger charge is 2.40. The predicted molar refractivity (Wildman–Crippen MR) is 86.1 cm³/mol. The van der Waals surface area contributed by atoms with Crippen LogP contribution in [-0.4, -0.2) is 27.9 Å². The van der Waals surface area contributed by atoms with Crippen molar-refractivity contribution in [3.05, 3.63) is 51.2 Å². The average molecular weight is 341 g/mol. The molecule has 0 spiro atoms. The molecule has 0 bridgehead atoms. The van der Waals surface area contributed by atoms with Crippen molar-refractivity contribution < 1.29 is 14.5 Å². The Morgan fingerprint density at radius 3 is 2.80 bits per heavy atom. The van der Waals surface area contributed by atoms with Gasteiger partial charge in [-0.05, 0) is 25.3 Å². The predicted octanol–water partition coefficient (Wildman–Crippen LogP) is 2.33. The quantitative estimate of drug-likeness (QED) is 0.644. The molecule has 1 atom stereocenters. The van der Waals surface area contributed by atoms with Crippen LogP contribution >= 0.6 is 0 Å². The van der Waals surface area contributed by atoms with Gasteiger partial charge in [-0.2, -0.15) is 5.26 Å². The monoisotopic (exact) mass is 341 g/mol. The van der Waals surface area contributed by atoms with E-state index in [9.17, 15) is 25.0 Å². The number of rotatable bonds is 3. The Bertz CT molecular complexity index is 837. The van der Waals surface area contributed by atoms with Gasteiger partial charge in [-0.25, -0.2) is 14.5 Å². The number of carbonyl (C=O) groups is 2. The van der Waals surface area contributed by atoms with Gasteiger partial charge in [-0.3, -0.25) is 10.1 Å². The number of amides is 4. The normalized spacial score (nSPS) is 19.9. The number of carbonyl (C=O) groups excluding carboxylic acids is 2. The molecule has 1 saturated carbocycles. The van der Waals surface area contributed by atoms with Crippen LogP contribution in [0, 0.1) is 21.4 Å². The van der Waals surface area contributed by atoms with Crippen molar-refractivity contribution in [3.63, 3.8) is 0 Å². The van der Waals surface area contributed by atoms with E-state index in [1.165, 1.54) is 18.2 Å². The summed E-state index contributed by atoms with van der Waals surface area (Å²) in [5, 5.41) is 25.7. The molecule has 0 radical (unpaired) electrons. The molecule has 0 aromatic heterocycles. The second-order valence-corrected chi connectivity index (χ2v) is 5.93. The van der Waals surface area contributed by atoms with Gasteiger partial charge >= 0.3 is 12.1 Å².